The summed E-state index contributed by atoms with van der Waals surface area (Å²) in [7, 11) is 0. The molecule has 2 amide bonds. The first-order chi connectivity index (χ1) is 19.5. The minimum absolute atomic E-state index is 0.00142. The van der Waals surface area contributed by atoms with Gasteiger partial charge in [0.15, 0.2) is 0 Å². The van der Waals surface area contributed by atoms with Gasteiger partial charge in [0.25, 0.3) is 11.8 Å². The van der Waals surface area contributed by atoms with Gasteiger partial charge in [-0.1, -0.05) is 41.9 Å². The van der Waals surface area contributed by atoms with Gasteiger partial charge in [0.1, 0.15) is 5.82 Å². The number of nitrogens with zero attached hydrogens (tertiary/aromatic N) is 4. The first kappa shape index (κ1) is 26.3. The van der Waals surface area contributed by atoms with Gasteiger partial charge in [-0.25, -0.2) is 9.07 Å². The Morgan fingerprint density at radius 1 is 0.775 bits per heavy atom. The Morgan fingerprint density at radius 3 is 2.12 bits per heavy atom. The summed E-state index contributed by atoms with van der Waals surface area (Å²) in [5.74, 6) is -0.109. The van der Waals surface area contributed by atoms with Gasteiger partial charge >= 0.3 is 0 Å². The van der Waals surface area contributed by atoms with Crippen LogP contribution in [0.5, 0.6) is 0 Å². The average Bonchev–Trinajstić information content (AvgIpc) is 3.66. The van der Waals surface area contributed by atoms with E-state index < -0.39 is 0 Å². The lowest BCUT2D eigenvalue weighted by Crippen LogP contribution is -2.38. The molecule has 2 saturated heterocycles. The third-order valence-electron chi connectivity index (χ3n) is 8.11. The van der Waals surface area contributed by atoms with Gasteiger partial charge in [0, 0.05) is 48.6 Å². The number of hydrogen-bond acceptors (Lipinski definition) is 3. The largest absolute Gasteiger partial charge is 0.339 e. The van der Waals surface area contributed by atoms with Gasteiger partial charge in [-0.3, -0.25) is 9.59 Å². The highest BCUT2D eigenvalue weighted by Crippen LogP contribution is 2.35. The van der Waals surface area contributed by atoms with Crippen LogP contribution >= 0.6 is 11.6 Å². The predicted molar refractivity (Wildman–Crippen MR) is 153 cm³/mol. The molecule has 6 rings (SSSR count). The number of hydrogen-bond donors (Lipinski definition) is 0. The monoisotopic (exact) mass is 556 g/mol. The summed E-state index contributed by atoms with van der Waals surface area (Å²) in [4.78, 5) is 30.7. The van der Waals surface area contributed by atoms with E-state index in [0.717, 1.165) is 17.8 Å². The Hall–Kier alpha value is -3.97. The number of aromatic nitrogens is 2. The van der Waals surface area contributed by atoms with E-state index in [2.05, 4.69) is 17.2 Å². The summed E-state index contributed by atoms with van der Waals surface area (Å²) in [6, 6.07) is 23.5. The standard InChI is InChI=1S/C32H30ClFN4O2/c33-26-8-12-28(13-9-26)38-30(23-14-17-36(18-15-23)31(39)24-6-10-27(34)11-7-24)29(20-35-38)32(40)37-19-16-25(21-37)22-4-2-1-3-5-22/h1-13,20,23,25H,14-19,21H2. The maximum absolute atomic E-state index is 13.9. The highest BCUT2D eigenvalue weighted by molar-refractivity contribution is 6.30. The fraction of sp³-hybridized carbons (Fsp3) is 0.281. The van der Waals surface area contributed by atoms with E-state index in [0.29, 0.717) is 61.1 Å². The second-order valence-corrected chi connectivity index (χ2v) is 11.0. The Kier molecular flexibility index (Phi) is 7.39. The fourth-order valence-corrected chi connectivity index (χ4v) is 6.07. The number of likely N-dealkylation sites (tertiary alicyclic amines) is 2. The Morgan fingerprint density at radius 2 is 1.43 bits per heavy atom. The summed E-state index contributed by atoms with van der Waals surface area (Å²) in [6.07, 6.45) is 4.01. The van der Waals surface area contributed by atoms with Gasteiger partial charge in [-0.15, -0.1) is 0 Å². The Labute approximate surface area is 238 Å². The molecular weight excluding hydrogens is 527 g/mol. The summed E-state index contributed by atoms with van der Waals surface area (Å²) in [6.45, 7) is 2.47. The average molecular weight is 557 g/mol. The number of halogens is 2. The van der Waals surface area contributed by atoms with Crippen molar-refractivity contribution in [2.75, 3.05) is 26.2 Å². The van der Waals surface area contributed by atoms with Gasteiger partial charge in [0.05, 0.1) is 23.1 Å². The lowest BCUT2D eigenvalue weighted by Gasteiger charge is -2.33. The lowest BCUT2D eigenvalue weighted by molar-refractivity contribution is 0.0706. The summed E-state index contributed by atoms with van der Waals surface area (Å²) in [5.41, 5.74) is 4.07. The zero-order chi connectivity index (χ0) is 27.6. The normalized spacial score (nSPS) is 17.8. The molecule has 3 aromatic carbocycles. The smallest absolute Gasteiger partial charge is 0.257 e. The molecule has 0 spiro atoms. The van der Waals surface area contributed by atoms with Crippen LogP contribution in [-0.2, 0) is 0 Å². The molecule has 2 fully saturated rings. The molecule has 6 nitrogen and oxygen atoms in total. The van der Waals surface area contributed by atoms with Crippen LogP contribution in [-0.4, -0.2) is 57.6 Å². The van der Waals surface area contributed by atoms with E-state index in [1.807, 2.05) is 52.0 Å². The number of amides is 2. The number of rotatable bonds is 5. The van der Waals surface area contributed by atoms with Crippen LogP contribution in [0.15, 0.2) is 85.1 Å². The molecule has 1 unspecified atom stereocenters. The maximum Gasteiger partial charge on any atom is 0.257 e. The molecule has 2 aliphatic rings. The molecule has 4 aromatic rings. The molecule has 3 heterocycles. The first-order valence-electron chi connectivity index (χ1n) is 13.7. The zero-order valence-corrected chi connectivity index (χ0v) is 22.8. The second kappa shape index (κ2) is 11.3. The highest BCUT2D eigenvalue weighted by Gasteiger charge is 2.34. The second-order valence-electron chi connectivity index (χ2n) is 10.6. The molecule has 204 valence electrons. The van der Waals surface area contributed by atoms with E-state index >= 15 is 0 Å². The first-order valence-corrected chi connectivity index (χ1v) is 14.1. The SMILES string of the molecule is O=C(c1ccc(F)cc1)N1CCC(c2c(C(=O)N3CCC(c4ccccc4)C3)cnn2-c2ccc(Cl)cc2)CC1. The molecule has 1 aromatic heterocycles. The van der Waals surface area contributed by atoms with E-state index in [-0.39, 0.29) is 23.5 Å². The van der Waals surface area contributed by atoms with Gasteiger partial charge in [-0.2, -0.15) is 5.10 Å². The molecule has 0 N–H and O–H groups in total. The molecule has 0 saturated carbocycles. The van der Waals surface area contributed by atoms with Crippen LogP contribution < -0.4 is 0 Å². The molecule has 1 atom stereocenters. The van der Waals surface area contributed by atoms with Gasteiger partial charge in [0.2, 0.25) is 0 Å². The van der Waals surface area contributed by atoms with Crippen molar-refractivity contribution < 1.29 is 14.0 Å². The minimum atomic E-state index is -0.365. The number of benzene rings is 3. The summed E-state index contributed by atoms with van der Waals surface area (Å²) >= 11 is 6.15. The lowest BCUT2D eigenvalue weighted by atomic mass is 9.90. The van der Waals surface area contributed by atoms with Crippen LogP contribution in [0.25, 0.3) is 5.69 Å². The van der Waals surface area contributed by atoms with Crippen molar-refractivity contribution in [3.63, 3.8) is 0 Å². The van der Waals surface area contributed by atoms with Crippen molar-refractivity contribution >= 4 is 23.4 Å². The molecule has 0 bridgehead atoms. The van der Waals surface area contributed by atoms with Crippen molar-refractivity contribution in [3.05, 3.63) is 118 Å². The van der Waals surface area contributed by atoms with Gasteiger partial charge < -0.3 is 9.80 Å². The maximum atomic E-state index is 13.9. The third kappa shape index (κ3) is 5.26. The third-order valence-corrected chi connectivity index (χ3v) is 8.37. The van der Waals surface area contributed by atoms with Gasteiger partial charge in [-0.05, 0) is 73.4 Å². The number of carbonyl (C=O) groups is 2. The Bertz CT molecular complexity index is 1500. The van der Waals surface area contributed by atoms with E-state index in [4.69, 9.17) is 11.6 Å². The molecule has 2 aliphatic heterocycles. The minimum Gasteiger partial charge on any atom is -0.339 e. The van der Waals surface area contributed by atoms with Crippen LogP contribution in [0.2, 0.25) is 5.02 Å². The van der Waals surface area contributed by atoms with Crippen LogP contribution in [0.1, 0.15) is 63.1 Å². The molecule has 0 radical (unpaired) electrons. The van der Waals surface area contributed by atoms with Crippen LogP contribution in [0.3, 0.4) is 0 Å². The fourth-order valence-electron chi connectivity index (χ4n) is 5.95. The van der Waals surface area contributed by atoms with E-state index in [1.54, 1.807) is 11.1 Å². The summed E-state index contributed by atoms with van der Waals surface area (Å²) < 4.78 is 15.2. The summed E-state index contributed by atoms with van der Waals surface area (Å²) in [5, 5.41) is 5.31. The zero-order valence-electron chi connectivity index (χ0n) is 22.0. The van der Waals surface area contributed by atoms with Crippen molar-refractivity contribution in [1.29, 1.82) is 0 Å². The number of piperidine rings is 1. The van der Waals surface area contributed by atoms with E-state index in [9.17, 15) is 14.0 Å². The molecular formula is C32H30ClFN4O2. The molecule has 40 heavy (non-hydrogen) atoms. The topological polar surface area (TPSA) is 58.4 Å². The van der Waals surface area contributed by atoms with Crippen LogP contribution in [0, 0.1) is 5.82 Å². The van der Waals surface area contributed by atoms with Crippen molar-refractivity contribution in [1.82, 2.24) is 19.6 Å². The van der Waals surface area contributed by atoms with Crippen molar-refractivity contribution in [3.8, 4) is 5.69 Å². The van der Waals surface area contributed by atoms with Crippen molar-refractivity contribution in [2.45, 2.75) is 31.1 Å². The van der Waals surface area contributed by atoms with Crippen LogP contribution in [0.4, 0.5) is 4.39 Å². The van der Waals surface area contributed by atoms with Crippen molar-refractivity contribution in [2.24, 2.45) is 0 Å². The number of carbonyl (C=O) groups excluding carboxylic acids is 2. The van der Waals surface area contributed by atoms with E-state index in [1.165, 1.54) is 29.8 Å². The molecule has 0 aliphatic carbocycles. The highest BCUT2D eigenvalue weighted by atomic mass is 35.5. The molecule has 8 heteroatoms. The predicted octanol–water partition coefficient (Wildman–Crippen LogP) is 6.31. The Balaban J connectivity index is 1.25. The quantitative estimate of drug-likeness (QED) is 0.289.